The highest BCUT2D eigenvalue weighted by molar-refractivity contribution is 6.34. The van der Waals surface area contributed by atoms with E-state index in [9.17, 15) is 13.2 Å². The van der Waals surface area contributed by atoms with Gasteiger partial charge in [0.2, 0.25) is 0 Å². The standard InChI is InChI=1S/C20H18Cl2F3N3/c1-13(14-4-6-18(7-5-14)28(3)27-12-26-2)8-19(20(23,24)25)15-9-16(21)11-17(22)10-15/h4-12,19H,2H2,1,3H3/b13-8+,27-12-. The molecule has 0 amide bonds. The van der Waals surface area contributed by atoms with Crippen LogP contribution < -0.4 is 5.01 Å². The van der Waals surface area contributed by atoms with Crippen molar-refractivity contribution in [2.24, 2.45) is 10.1 Å². The molecule has 8 heteroatoms. The Morgan fingerprint density at radius 3 is 2.18 bits per heavy atom. The van der Waals surface area contributed by atoms with Gasteiger partial charge in [-0.3, -0.25) is 10.0 Å². The molecule has 28 heavy (non-hydrogen) atoms. The van der Waals surface area contributed by atoms with Crippen LogP contribution in [0.3, 0.4) is 0 Å². The van der Waals surface area contributed by atoms with Crippen molar-refractivity contribution < 1.29 is 13.2 Å². The number of hydrazone groups is 1. The first-order valence-corrected chi connectivity index (χ1v) is 8.91. The largest absolute Gasteiger partial charge is 0.399 e. The zero-order valence-electron chi connectivity index (χ0n) is 15.2. The summed E-state index contributed by atoms with van der Waals surface area (Å²) in [5, 5.41) is 5.90. The Bertz CT molecular complexity index is 870. The summed E-state index contributed by atoms with van der Waals surface area (Å²) in [5.74, 6) is -1.82. The first-order valence-electron chi connectivity index (χ1n) is 8.15. The average molecular weight is 428 g/mol. The lowest BCUT2D eigenvalue weighted by atomic mass is 9.94. The molecule has 0 N–H and O–H groups in total. The number of alkyl halides is 3. The molecule has 0 aromatic heterocycles. The number of aliphatic imine (C=N–C) groups is 1. The van der Waals surface area contributed by atoms with Gasteiger partial charge in [-0.15, -0.1) is 0 Å². The smallest absolute Gasteiger partial charge is 0.267 e. The van der Waals surface area contributed by atoms with Crippen LogP contribution in [-0.4, -0.2) is 26.3 Å². The monoisotopic (exact) mass is 427 g/mol. The van der Waals surface area contributed by atoms with Gasteiger partial charge in [0, 0.05) is 17.1 Å². The lowest BCUT2D eigenvalue weighted by molar-refractivity contribution is -0.139. The van der Waals surface area contributed by atoms with Gasteiger partial charge in [-0.2, -0.15) is 18.3 Å². The molecule has 0 saturated carbocycles. The number of allylic oxidation sites excluding steroid dienone is 2. The molecule has 0 saturated heterocycles. The van der Waals surface area contributed by atoms with Gasteiger partial charge in [0.15, 0.2) is 0 Å². The van der Waals surface area contributed by atoms with E-state index in [2.05, 4.69) is 16.8 Å². The lowest BCUT2D eigenvalue weighted by Crippen LogP contribution is -2.19. The van der Waals surface area contributed by atoms with E-state index in [-0.39, 0.29) is 15.6 Å². The molecule has 2 aromatic rings. The summed E-state index contributed by atoms with van der Waals surface area (Å²) in [7, 11) is 1.72. The molecule has 3 nitrogen and oxygen atoms in total. The molecule has 148 valence electrons. The fourth-order valence-corrected chi connectivity index (χ4v) is 3.14. The van der Waals surface area contributed by atoms with Crippen LogP contribution in [0.1, 0.15) is 24.0 Å². The Labute approximate surface area is 171 Å². The van der Waals surface area contributed by atoms with Crippen molar-refractivity contribution in [2.45, 2.75) is 19.0 Å². The molecule has 0 aliphatic heterocycles. The fourth-order valence-electron chi connectivity index (χ4n) is 2.60. The number of benzene rings is 2. The molecule has 0 heterocycles. The van der Waals surface area contributed by atoms with Crippen LogP contribution in [0.5, 0.6) is 0 Å². The summed E-state index contributed by atoms with van der Waals surface area (Å²) < 4.78 is 41.0. The highest BCUT2D eigenvalue weighted by Gasteiger charge is 2.39. The van der Waals surface area contributed by atoms with Crippen LogP contribution in [-0.2, 0) is 0 Å². The third-order valence-electron chi connectivity index (χ3n) is 4.02. The first-order chi connectivity index (χ1) is 13.1. The minimum Gasteiger partial charge on any atom is -0.267 e. The number of hydrogen-bond acceptors (Lipinski definition) is 2. The summed E-state index contributed by atoms with van der Waals surface area (Å²) >= 11 is 11.8. The predicted molar refractivity (Wildman–Crippen MR) is 112 cm³/mol. The van der Waals surface area contributed by atoms with Crippen LogP contribution in [0.25, 0.3) is 5.57 Å². The van der Waals surface area contributed by atoms with Gasteiger partial charge in [0.25, 0.3) is 0 Å². The van der Waals surface area contributed by atoms with Crippen molar-refractivity contribution in [1.82, 2.24) is 0 Å². The van der Waals surface area contributed by atoms with Crippen molar-refractivity contribution in [3.8, 4) is 0 Å². The van der Waals surface area contributed by atoms with Crippen LogP contribution in [0.4, 0.5) is 18.9 Å². The third-order valence-corrected chi connectivity index (χ3v) is 4.45. The zero-order valence-corrected chi connectivity index (χ0v) is 16.7. The molecule has 2 rings (SSSR count). The first kappa shape index (κ1) is 22.0. The molecule has 1 unspecified atom stereocenters. The summed E-state index contributed by atoms with van der Waals surface area (Å²) in [4.78, 5) is 3.53. The van der Waals surface area contributed by atoms with Crippen molar-refractivity contribution in [2.75, 3.05) is 12.1 Å². The second-order valence-corrected chi connectivity index (χ2v) is 6.93. The minimum atomic E-state index is -4.48. The van der Waals surface area contributed by atoms with Gasteiger partial charge in [0.05, 0.1) is 11.6 Å². The topological polar surface area (TPSA) is 28.0 Å². The van der Waals surface area contributed by atoms with E-state index in [0.29, 0.717) is 11.1 Å². The molecular weight excluding hydrogens is 410 g/mol. The molecule has 0 aliphatic carbocycles. The van der Waals surface area contributed by atoms with E-state index in [4.69, 9.17) is 23.2 Å². The summed E-state index contributed by atoms with van der Waals surface area (Å²) in [6.07, 6.45) is -2.02. The van der Waals surface area contributed by atoms with E-state index in [0.717, 1.165) is 5.69 Å². The van der Waals surface area contributed by atoms with Crippen molar-refractivity contribution in [1.29, 1.82) is 0 Å². The predicted octanol–water partition coefficient (Wildman–Crippen LogP) is 6.82. The fraction of sp³-hybridized carbons (Fsp3) is 0.200. The van der Waals surface area contributed by atoms with E-state index < -0.39 is 12.1 Å². The second-order valence-electron chi connectivity index (χ2n) is 6.06. The number of halogens is 5. The third kappa shape index (κ3) is 5.84. The Morgan fingerprint density at radius 2 is 1.68 bits per heavy atom. The molecule has 0 radical (unpaired) electrons. The van der Waals surface area contributed by atoms with Crippen molar-refractivity contribution in [3.63, 3.8) is 0 Å². The maximum absolute atomic E-state index is 13.7. The van der Waals surface area contributed by atoms with Crippen molar-refractivity contribution in [3.05, 3.63) is 69.7 Å². The van der Waals surface area contributed by atoms with Crippen LogP contribution >= 0.6 is 23.2 Å². The Kier molecular flexibility index (Phi) is 7.27. The molecule has 0 fully saturated rings. The van der Waals surface area contributed by atoms with E-state index >= 15 is 0 Å². The van der Waals surface area contributed by atoms with Gasteiger partial charge < -0.3 is 0 Å². The van der Waals surface area contributed by atoms with Crippen LogP contribution in [0, 0.1) is 0 Å². The van der Waals surface area contributed by atoms with Gasteiger partial charge in [-0.1, -0.05) is 41.4 Å². The molecule has 1 atom stereocenters. The molecule has 0 bridgehead atoms. The Morgan fingerprint density at radius 1 is 1.11 bits per heavy atom. The van der Waals surface area contributed by atoms with Gasteiger partial charge >= 0.3 is 6.18 Å². The van der Waals surface area contributed by atoms with E-state index in [1.807, 2.05) is 0 Å². The number of anilines is 1. The molecule has 2 aromatic carbocycles. The Balaban J connectivity index is 2.36. The number of rotatable bonds is 6. The summed E-state index contributed by atoms with van der Waals surface area (Å²) in [5.41, 5.74) is 1.88. The maximum atomic E-state index is 13.7. The molecule has 0 aliphatic rings. The second kappa shape index (κ2) is 9.26. The average Bonchev–Trinajstić information content (AvgIpc) is 2.62. The van der Waals surface area contributed by atoms with Crippen LogP contribution in [0.15, 0.2) is 58.6 Å². The highest BCUT2D eigenvalue weighted by Crippen LogP contribution is 2.39. The zero-order chi connectivity index (χ0) is 20.9. The summed E-state index contributed by atoms with van der Waals surface area (Å²) in [6.45, 7) is 4.93. The normalized spacial score (nSPS) is 13.6. The lowest BCUT2D eigenvalue weighted by Gasteiger charge is -2.19. The van der Waals surface area contributed by atoms with Gasteiger partial charge in [-0.25, -0.2) is 0 Å². The molecular formula is C20H18Cl2F3N3. The summed E-state index contributed by atoms with van der Waals surface area (Å²) in [6, 6.07) is 10.9. The highest BCUT2D eigenvalue weighted by atomic mass is 35.5. The van der Waals surface area contributed by atoms with E-state index in [1.54, 1.807) is 43.2 Å². The molecule has 0 spiro atoms. The van der Waals surface area contributed by atoms with E-state index in [1.165, 1.54) is 30.6 Å². The quantitative estimate of drug-likeness (QED) is 0.282. The number of hydrogen-bond donors (Lipinski definition) is 0. The number of nitrogens with zero attached hydrogens (tertiary/aromatic N) is 3. The van der Waals surface area contributed by atoms with Crippen LogP contribution in [0.2, 0.25) is 10.0 Å². The maximum Gasteiger partial charge on any atom is 0.399 e. The SMILES string of the molecule is C=N/C=N\N(C)c1ccc(/C(C)=C/C(c2cc(Cl)cc(Cl)c2)C(F)(F)F)cc1. The Hall–Kier alpha value is -2.31. The van der Waals surface area contributed by atoms with Crippen molar-refractivity contribution >= 4 is 47.5 Å². The minimum absolute atomic E-state index is 0.00744. The van der Waals surface area contributed by atoms with Gasteiger partial charge in [0.1, 0.15) is 6.34 Å². The van der Waals surface area contributed by atoms with Gasteiger partial charge in [-0.05, 0) is 60.7 Å².